The molecule has 3 aliphatic rings. The van der Waals surface area contributed by atoms with Gasteiger partial charge in [0.25, 0.3) is 11.8 Å². The van der Waals surface area contributed by atoms with E-state index < -0.39 is 24.3 Å². The predicted molar refractivity (Wildman–Crippen MR) is 118 cm³/mol. The van der Waals surface area contributed by atoms with Gasteiger partial charge in [-0.25, -0.2) is 23.2 Å². The fourth-order valence-corrected chi connectivity index (χ4v) is 5.14. The third-order valence-electron chi connectivity index (χ3n) is 7.13. The maximum atomic E-state index is 13.5. The smallest absolute Gasteiger partial charge is 0.338 e. The fraction of sp³-hybridized carbons (Fsp3) is 0.478. The monoisotopic (exact) mass is 508 g/mol. The van der Waals surface area contributed by atoms with E-state index >= 15 is 0 Å². The first kappa shape index (κ1) is 22.9. The molecule has 1 saturated heterocycles. The molecule has 2 fully saturated rings. The highest BCUT2D eigenvalue weighted by atomic mass is 19.4. The van der Waals surface area contributed by atoms with Gasteiger partial charge in [0, 0.05) is 56.6 Å². The Morgan fingerprint density at radius 3 is 2.64 bits per heavy atom. The summed E-state index contributed by atoms with van der Waals surface area (Å²) in [7, 11) is 0. The number of rotatable bonds is 3. The van der Waals surface area contributed by atoms with Crippen LogP contribution < -0.4 is 10.6 Å². The zero-order valence-electron chi connectivity index (χ0n) is 18.9. The van der Waals surface area contributed by atoms with Gasteiger partial charge in [-0.3, -0.25) is 9.20 Å². The van der Waals surface area contributed by atoms with Gasteiger partial charge >= 0.3 is 11.9 Å². The second kappa shape index (κ2) is 7.74. The fourth-order valence-electron chi connectivity index (χ4n) is 5.14. The maximum absolute atomic E-state index is 13.5. The van der Waals surface area contributed by atoms with E-state index in [1.165, 1.54) is 23.4 Å². The van der Waals surface area contributed by atoms with Gasteiger partial charge in [0.15, 0.2) is 5.65 Å². The molecular weight excluding hydrogens is 487 g/mol. The molecule has 1 saturated carbocycles. The summed E-state index contributed by atoms with van der Waals surface area (Å²) in [6.07, 6.45) is -1.58. The van der Waals surface area contributed by atoms with Gasteiger partial charge in [-0.1, -0.05) is 0 Å². The Morgan fingerprint density at radius 2 is 1.92 bits per heavy atom. The Hall–Kier alpha value is -3.51. The number of pyridine rings is 2. The average Bonchev–Trinajstić information content (AvgIpc) is 3.55. The molecule has 5 heterocycles. The van der Waals surface area contributed by atoms with Crippen LogP contribution in [0.4, 0.5) is 33.5 Å². The predicted octanol–water partition coefficient (Wildman–Crippen LogP) is 3.58. The molecule has 6 rings (SSSR count). The average molecular weight is 508 g/mol. The summed E-state index contributed by atoms with van der Waals surface area (Å²) in [5, 5.41) is 3.83. The molecule has 8 nitrogen and oxygen atoms in total. The number of carbonyl (C=O) groups excluding carboxylic acids is 1. The van der Waals surface area contributed by atoms with Crippen LogP contribution in [0.1, 0.15) is 41.1 Å². The Morgan fingerprint density at radius 1 is 1.17 bits per heavy atom. The van der Waals surface area contributed by atoms with Crippen molar-refractivity contribution in [3.8, 4) is 0 Å². The lowest BCUT2D eigenvalue weighted by Crippen LogP contribution is -2.42. The van der Waals surface area contributed by atoms with Crippen LogP contribution in [-0.4, -0.2) is 61.7 Å². The van der Waals surface area contributed by atoms with Gasteiger partial charge in [0.05, 0.1) is 5.56 Å². The molecule has 1 amide bonds. The largest absolute Gasteiger partial charge is 0.408 e. The molecule has 0 N–H and O–H groups in total. The number of aromatic nitrogens is 4. The molecule has 190 valence electrons. The second-order valence-electron chi connectivity index (χ2n) is 9.67. The molecular formula is C23H21F5N6O2. The number of alkyl halides is 5. The zero-order chi connectivity index (χ0) is 25.4. The number of amides is 1. The normalized spacial score (nSPS) is 22.9. The van der Waals surface area contributed by atoms with E-state index in [-0.39, 0.29) is 43.4 Å². The third kappa shape index (κ3) is 3.99. The molecule has 3 aromatic rings. The first-order chi connectivity index (χ1) is 17.0. The molecule has 2 aliphatic heterocycles. The van der Waals surface area contributed by atoms with Crippen LogP contribution in [0.15, 0.2) is 35.4 Å². The summed E-state index contributed by atoms with van der Waals surface area (Å²) in [5.41, 5.74) is 1.03. The minimum absolute atomic E-state index is 0.0124. The Bertz CT molecular complexity index is 1420. The van der Waals surface area contributed by atoms with Crippen LogP contribution in [0.25, 0.3) is 5.65 Å². The van der Waals surface area contributed by atoms with Crippen molar-refractivity contribution in [3.05, 3.63) is 52.2 Å². The van der Waals surface area contributed by atoms with Gasteiger partial charge in [-0.15, -0.1) is 5.10 Å². The first-order valence-corrected chi connectivity index (χ1v) is 11.6. The number of anilines is 2. The minimum Gasteiger partial charge on any atom is -0.338 e. The van der Waals surface area contributed by atoms with Crippen LogP contribution in [0, 0.1) is 5.92 Å². The summed E-state index contributed by atoms with van der Waals surface area (Å²) < 4.78 is 66.8. The van der Waals surface area contributed by atoms with Crippen molar-refractivity contribution >= 4 is 23.1 Å². The summed E-state index contributed by atoms with van der Waals surface area (Å²) >= 11 is 0. The van der Waals surface area contributed by atoms with Crippen molar-refractivity contribution < 1.29 is 26.7 Å². The van der Waals surface area contributed by atoms with Crippen molar-refractivity contribution in [1.29, 1.82) is 0 Å². The number of likely N-dealkylation sites (tertiary alicyclic amines) is 1. The van der Waals surface area contributed by atoms with E-state index in [0.29, 0.717) is 34.2 Å². The standard InChI is InChI=1S/C23H21F5N6O2/c24-22(25)2-5-31(6-3-22)20(35)13-7-17-16-8-14(16)11-33(19(17)29-10-13)15-1-4-32-18(9-15)30-34(21(32)36)12-23(26,27)28/h1,4,7,9-10,14,16H,2-3,5-6,8,11-12H2. The molecule has 0 bridgehead atoms. The van der Waals surface area contributed by atoms with E-state index in [1.807, 2.05) is 4.90 Å². The molecule has 2 atom stereocenters. The number of carbonyl (C=O) groups is 1. The lowest BCUT2D eigenvalue weighted by atomic mass is 10.0. The highest BCUT2D eigenvalue weighted by molar-refractivity contribution is 5.94. The van der Waals surface area contributed by atoms with E-state index in [0.717, 1.165) is 16.4 Å². The van der Waals surface area contributed by atoms with Crippen molar-refractivity contribution in [1.82, 2.24) is 24.1 Å². The molecule has 3 aromatic heterocycles. The van der Waals surface area contributed by atoms with Crippen molar-refractivity contribution in [2.24, 2.45) is 5.92 Å². The topological polar surface area (TPSA) is 75.7 Å². The summed E-state index contributed by atoms with van der Waals surface area (Å²) in [4.78, 5) is 33.1. The molecule has 1 aliphatic carbocycles. The van der Waals surface area contributed by atoms with Crippen LogP contribution in [0.5, 0.6) is 0 Å². The summed E-state index contributed by atoms with van der Waals surface area (Å²) in [6, 6.07) is 4.93. The van der Waals surface area contributed by atoms with Crippen LogP contribution in [0.3, 0.4) is 0 Å². The van der Waals surface area contributed by atoms with Crippen molar-refractivity contribution in [2.45, 2.75) is 43.8 Å². The van der Waals surface area contributed by atoms with Crippen molar-refractivity contribution in [3.63, 3.8) is 0 Å². The second-order valence-corrected chi connectivity index (χ2v) is 9.67. The highest BCUT2D eigenvalue weighted by Gasteiger charge is 2.46. The van der Waals surface area contributed by atoms with Crippen LogP contribution in [0.2, 0.25) is 0 Å². The molecule has 0 spiro atoms. The number of hydrogen-bond donors (Lipinski definition) is 0. The SMILES string of the molecule is O=C(c1cnc2c(c1)C1CC1CN2c1ccn2c(=O)n(CC(F)(F)F)nc2c1)N1CCC(F)(F)CC1. The van der Waals surface area contributed by atoms with Gasteiger partial charge in [-0.2, -0.15) is 13.2 Å². The van der Waals surface area contributed by atoms with E-state index in [1.54, 1.807) is 12.1 Å². The molecule has 2 unspecified atom stereocenters. The summed E-state index contributed by atoms with van der Waals surface area (Å²) in [5.74, 6) is -1.90. The molecule has 0 radical (unpaired) electrons. The molecule has 36 heavy (non-hydrogen) atoms. The van der Waals surface area contributed by atoms with E-state index in [9.17, 15) is 31.5 Å². The Balaban J connectivity index is 1.30. The first-order valence-electron chi connectivity index (χ1n) is 11.6. The quantitative estimate of drug-likeness (QED) is 0.506. The number of fused-ring (bicyclic) bond motifs is 4. The van der Waals surface area contributed by atoms with E-state index in [2.05, 4.69) is 10.1 Å². The van der Waals surface area contributed by atoms with Crippen molar-refractivity contribution in [2.75, 3.05) is 24.5 Å². The number of hydrogen-bond acceptors (Lipinski definition) is 5. The molecule has 0 aromatic carbocycles. The lowest BCUT2D eigenvalue weighted by Gasteiger charge is -2.33. The van der Waals surface area contributed by atoms with Gasteiger partial charge in [-0.05, 0) is 36.0 Å². The van der Waals surface area contributed by atoms with Gasteiger partial charge in [0.1, 0.15) is 12.4 Å². The maximum Gasteiger partial charge on any atom is 0.408 e. The van der Waals surface area contributed by atoms with Crippen LogP contribution >= 0.6 is 0 Å². The number of piperidine rings is 1. The van der Waals surface area contributed by atoms with E-state index in [4.69, 9.17) is 0 Å². The number of halogens is 5. The zero-order valence-corrected chi connectivity index (χ0v) is 18.9. The van der Waals surface area contributed by atoms with Crippen LogP contribution in [-0.2, 0) is 6.54 Å². The lowest BCUT2D eigenvalue weighted by molar-refractivity contribution is -0.143. The third-order valence-corrected chi connectivity index (χ3v) is 7.13. The molecule has 13 heteroatoms. The minimum atomic E-state index is -4.58. The Labute approximate surface area is 200 Å². The highest BCUT2D eigenvalue weighted by Crippen LogP contribution is 2.55. The Kier molecular flexibility index (Phi) is 4.93. The van der Waals surface area contributed by atoms with Gasteiger partial charge in [0.2, 0.25) is 0 Å². The number of nitrogens with zero attached hydrogens (tertiary/aromatic N) is 6. The van der Waals surface area contributed by atoms with Gasteiger partial charge < -0.3 is 9.80 Å². The summed E-state index contributed by atoms with van der Waals surface area (Å²) in [6.45, 7) is -0.877.